The normalized spacial score (nSPS) is 12.1. The number of alkyl halides is 6. The van der Waals surface area contributed by atoms with Gasteiger partial charge in [-0.25, -0.2) is 0 Å². The average Bonchev–Trinajstić information content (AvgIpc) is 2.44. The molecule has 0 aromatic heterocycles. The molecule has 27 heavy (non-hydrogen) atoms. The zero-order valence-corrected chi connectivity index (χ0v) is 15.8. The summed E-state index contributed by atoms with van der Waals surface area (Å²) in [5, 5.41) is 0. The minimum absolute atomic E-state index is 0. The van der Waals surface area contributed by atoms with E-state index in [1.54, 1.807) is 0 Å². The van der Waals surface area contributed by atoms with Gasteiger partial charge in [-0.05, 0) is 48.2 Å². The van der Waals surface area contributed by atoms with Crippen LogP contribution in [0.4, 0.5) is 37.7 Å². The number of nitrogen functional groups attached to an aromatic ring is 2. The van der Waals surface area contributed by atoms with Crippen LogP contribution in [0, 0.1) is 13.8 Å². The second-order valence-electron chi connectivity index (χ2n) is 5.89. The van der Waals surface area contributed by atoms with E-state index in [2.05, 4.69) is 0 Å². The molecule has 0 saturated heterocycles. The number of aryl methyl sites for hydroxylation is 2. The molecule has 0 unspecified atom stereocenters. The van der Waals surface area contributed by atoms with Crippen LogP contribution >= 0.6 is 24.8 Å². The van der Waals surface area contributed by atoms with E-state index in [0.29, 0.717) is 23.3 Å². The standard InChI is InChI=1S/C17H16F6N2.2ClH/c1-9-3-5-11(7-13(9)24)15(16(18,19)20,17(21,22)23)12-6-4-10(2)14(25)8-12;;/h3-8H,24-25H2,1-2H3;2*1H. The summed E-state index contributed by atoms with van der Waals surface area (Å²) in [6.45, 7) is 2.98. The van der Waals surface area contributed by atoms with E-state index in [9.17, 15) is 26.3 Å². The third-order valence-electron chi connectivity index (χ3n) is 4.27. The van der Waals surface area contributed by atoms with Gasteiger partial charge in [0.2, 0.25) is 5.41 Å². The Labute approximate surface area is 164 Å². The average molecular weight is 435 g/mol. The Hall–Kier alpha value is -1.80. The van der Waals surface area contributed by atoms with Crippen molar-refractivity contribution in [3.63, 3.8) is 0 Å². The lowest BCUT2D eigenvalue weighted by molar-refractivity contribution is -0.288. The fraction of sp³-hybridized carbons (Fsp3) is 0.294. The third kappa shape index (κ3) is 4.06. The zero-order valence-electron chi connectivity index (χ0n) is 14.2. The molecule has 0 aliphatic rings. The highest BCUT2D eigenvalue weighted by Gasteiger charge is 2.72. The van der Waals surface area contributed by atoms with E-state index in [1.807, 2.05) is 0 Å². The van der Waals surface area contributed by atoms with Gasteiger partial charge >= 0.3 is 12.4 Å². The van der Waals surface area contributed by atoms with Gasteiger partial charge < -0.3 is 11.5 Å². The molecule has 4 N–H and O–H groups in total. The summed E-state index contributed by atoms with van der Waals surface area (Å²) in [5.41, 5.74) is 5.36. The summed E-state index contributed by atoms with van der Waals surface area (Å²) < 4.78 is 83.4. The number of hydrogen-bond acceptors (Lipinski definition) is 2. The van der Waals surface area contributed by atoms with Crippen molar-refractivity contribution >= 4 is 36.2 Å². The van der Waals surface area contributed by atoms with Crippen LogP contribution < -0.4 is 11.5 Å². The second-order valence-corrected chi connectivity index (χ2v) is 5.89. The van der Waals surface area contributed by atoms with Crippen LogP contribution in [0.1, 0.15) is 22.3 Å². The molecule has 0 heterocycles. The molecule has 0 saturated carbocycles. The maximum Gasteiger partial charge on any atom is 0.411 e. The van der Waals surface area contributed by atoms with E-state index in [4.69, 9.17) is 11.5 Å². The van der Waals surface area contributed by atoms with Crippen LogP contribution in [0.3, 0.4) is 0 Å². The summed E-state index contributed by atoms with van der Waals surface area (Å²) in [7, 11) is 0. The minimum Gasteiger partial charge on any atom is -0.399 e. The van der Waals surface area contributed by atoms with Crippen LogP contribution in [0.15, 0.2) is 36.4 Å². The van der Waals surface area contributed by atoms with E-state index in [-0.39, 0.29) is 36.2 Å². The van der Waals surface area contributed by atoms with Crippen LogP contribution in [-0.2, 0) is 5.41 Å². The molecule has 0 fully saturated rings. The van der Waals surface area contributed by atoms with Gasteiger partial charge in [0.15, 0.2) is 0 Å². The van der Waals surface area contributed by atoms with E-state index < -0.39 is 28.9 Å². The number of nitrogens with two attached hydrogens (primary N) is 2. The number of anilines is 2. The molecule has 2 aromatic carbocycles. The van der Waals surface area contributed by atoms with Crippen LogP contribution in [0.5, 0.6) is 0 Å². The van der Waals surface area contributed by atoms with Gasteiger partial charge in [0.25, 0.3) is 0 Å². The van der Waals surface area contributed by atoms with Gasteiger partial charge in [0.05, 0.1) is 0 Å². The number of benzene rings is 2. The van der Waals surface area contributed by atoms with Gasteiger partial charge in [-0.15, -0.1) is 24.8 Å². The first kappa shape index (κ1) is 25.2. The van der Waals surface area contributed by atoms with E-state index in [1.165, 1.54) is 13.8 Å². The molecular weight excluding hydrogens is 417 g/mol. The molecule has 2 rings (SSSR count). The highest BCUT2D eigenvalue weighted by atomic mass is 35.5. The fourth-order valence-corrected chi connectivity index (χ4v) is 2.73. The first-order valence-corrected chi connectivity index (χ1v) is 7.19. The molecule has 0 bridgehead atoms. The SMILES string of the molecule is Cc1ccc(C(c2ccc(C)c(N)c2)(C(F)(F)F)C(F)(F)F)cc1N.Cl.Cl. The first-order chi connectivity index (χ1) is 11.3. The van der Waals surface area contributed by atoms with Gasteiger partial charge in [-0.1, -0.05) is 24.3 Å². The molecule has 0 amide bonds. The minimum atomic E-state index is -5.66. The van der Waals surface area contributed by atoms with Crippen molar-refractivity contribution in [3.05, 3.63) is 58.7 Å². The Morgan fingerprint density at radius 2 is 0.926 bits per heavy atom. The second kappa shape index (κ2) is 8.06. The molecule has 0 atom stereocenters. The molecule has 152 valence electrons. The van der Waals surface area contributed by atoms with Crippen molar-refractivity contribution < 1.29 is 26.3 Å². The van der Waals surface area contributed by atoms with E-state index in [0.717, 1.165) is 24.3 Å². The molecule has 0 radical (unpaired) electrons. The summed E-state index contributed by atoms with van der Waals surface area (Å²) in [4.78, 5) is 0. The maximum atomic E-state index is 13.9. The zero-order chi connectivity index (χ0) is 19.2. The topological polar surface area (TPSA) is 52.0 Å². The number of hydrogen-bond donors (Lipinski definition) is 2. The van der Waals surface area contributed by atoms with Crippen molar-refractivity contribution in [3.8, 4) is 0 Å². The van der Waals surface area contributed by atoms with Crippen molar-refractivity contribution in [2.75, 3.05) is 11.5 Å². The Morgan fingerprint density at radius 1 is 0.630 bits per heavy atom. The predicted molar refractivity (Wildman–Crippen MR) is 98.6 cm³/mol. The van der Waals surface area contributed by atoms with Crippen molar-refractivity contribution in [1.82, 2.24) is 0 Å². The van der Waals surface area contributed by atoms with Crippen molar-refractivity contribution in [2.24, 2.45) is 0 Å². The van der Waals surface area contributed by atoms with Crippen LogP contribution in [0.25, 0.3) is 0 Å². The summed E-state index contributed by atoms with van der Waals surface area (Å²) in [6.07, 6.45) is -11.3. The molecule has 2 nitrogen and oxygen atoms in total. The number of rotatable bonds is 2. The highest BCUT2D eigenvalue weighted by Crippen LogP contribution is 2.56. The lowest BCUT2D eigenvalue weighted by Crippen LogP contribution is -2.54. The molecule has 0 aliphatic heterocycles. The highest BCUT2D eigenvalue weighted by molar-refractivity contribution is 5.85. The quantitative estimate of drug-likeness (QED) is 0.468. The lowest BCUT2D eigenvalue weighted by Gasteiger charge is -2.38. The maximum absolute atomic E-state index is 13.9. The van der Waals surface area contributed by atoms with Gasteiger partial charge in [-0.2, -0.15) is 26.3 Å². The van der Waals surface area contributed by atoms with Gasteiger partial charge in [-0.3, -0.25) is 0 Å². The van der Waals surface area contributed by atoms with Crippen molar-refractivity contribution in [2.45, 2.75) is 31.6 Å². The van der Waals surface area contributed by atoms with E-state index >= 15 is 0 Å². The van der Waals surface area contributed by atoms with Crippen molar-refractivity contribution in [1.29, 1.82) is 0 Å². The number of halogens is 8. The van der Waals surface area contributed by atoms with Crippen LogP contribution in [-0.4, -0.2) is 12.4 Å². The lowest BCUT2D eigenvalue weighted by atomic mass is 9.72. The monoisotopic (exact) mass is 434 g/mol. The predicted octanol–water partition coefficient (Wildman–Crippen LogP) is 5.72. The summed E-state index contributed by atoms with van der Waals surface area (Å²) in [5.74, 6) is 0. The molecule has 0 aliphatic carbocycles. The van der Waals surface area contributed by atoms with Crippen LogP contribution in [0.2, 0.25) is 0 Å². The smallest absolute Gasteiger partial charge is 0.399 e. The molecule has 2 aromatic rings. The Kier molecular flexibility index (Phi) is 7.52. The third-order valence-corrected chi connectivity index (χ3v) is 4.27. The molecule has 10 heteroatoms. The first-order valence-electron chi connectivity index (χ1n) is 7.19. The summed E-state index contributed by atoms with van der Waals surface area (Å²) in [6, 6.07) is 5.28. The largest absolute Gasteiger partial charge is 0.411 e. The van der Waals surface area contributed by atoms with Gasteiger partial charge in [0.1, 0.15) is 0 Å². The molecule has 0 spiro atoms. The van der Waals surface area contributed by atoms with Gasteiger partial charge in [0, 0.05) is 11.4 Å². The fourth-order valence-electron chi connectivity index (χ4n) is 2.73. The Balaban J connectivity index is 0.00000338. The Bertz CT molecular complexity index is 735. The molecular formula is C17H18Cl2F6N2. The Morgan fingerprint density at radius 3 is 1.15 bits per heavy atom. The summed E-state index contributed by atoms with van der Waals surface area (Å²) >= 11 is 0.